The summed E-state index contributed by atoms with van der Waals surface area (Å²) in [6.45, 7) is 8.58. The molecule has 4 heteroatoms. The fourth-order valence-corrected chi connectivity index (χ4v) is 2.04. The van der Waals surface area contributed by atoms with Crippen molar-refractivity contribution >= 4 is 5.69 Å². The van der Waals surface area contributed by atoms with Crippen LogP contribution in [-0.4, -0.2) is 40.0 Å². The van der Waals surface area contributed by atoms with E-state index in [1.165, 1.54) is 5.69 Å². The van der Waals surface area contributed by atoms with Crippen molar-refractivity contribution < 1.29 is 9.47 Å². The van der Waals surface area contributed by atoms with E-state index in [1.54, 1.807) is 7.11 Å². The molecule has 0 fully saturated rings. The molecule has 0 spiro atoms. The zero-order valence-corrected chi connectivity index (χ0v) is 13.7. The molecule has 0 amide bonds. The zero-order chi connectivity index (χ0) is 15.5. The molecule has 120 valence electrons. The van der Waals surface area contributed by atoms with Gasteiger partial charge in [-0.2, -0.15) is 0 Å². The molecular formula is C17H30N2O2. The van der Waals surface area contributed by atoms with Crippen molar-refractivity contribution in [1.29, 1.82) is 0 Å². The van der Waals surface area contributed by atoms with Crippen molar-refractivity contribution in [3.63, 3.8) is 0 Å². The molecule has 0 unspecified atom stereocenters. The fraction of sp³-hybridized carbons (Fsp3) is 0.647. The number of nitrogens with zero attached hydrogens (tertiary/aromatic N) is 1. The predicted molar refractivity (Wildman–Crippen MR) is 89.2 cm³/mol. The third-order valence-electron chi connectivity index (χ3n) is 3.41. The van der Waals surface area contributed by atoms with Crippen LogP contribution in [0.1, 0.15) is 26.7 Å². The summed E-state index contributed by atoms with van der Waals surface area (Å²) in [5.41, 5.74) is 6.82. The Morgan fingerprint density at radius 2 is 1.81 bits per heavy atom. The average Bonchev–Trinajstić information content (AvgIpc) is 2.50. The summed E-state index contributed by atoms with van der Waals surface area (Å²) >= 11 is 0. The number of benzene rings is 1. The Balaban J connectivity index is 2.46. The minimum absolute atomic E-state index is 0.694. The maximum Gasteiger partial charge on any atom is 0.119 e. The summed E-state index contributed by atoms with van der Waals surface area (Å²) < 4.78 is 10.9. The minimum Gasteiger partial charge on any atom is -0.497 e. The van der Waals surface area contributed by atoms with Gasteiger partial charge in [0.2, 0.25) is 0 Å². The SMILES string of the molecule is COc1ccc(N(CCCN)CCOCCC(C)C)cc1. The Kier molecular flexibility index (Phi) is 8.87. The van der Waals surface area contributed by atoms with Gasteiger partial charge in [0.1, 0.15) is 5.75 Å². The van der Waals surface area contributed by atoms with Crippen molar-refractivity contribution in [2.24, 2.45) is 11.7 Å². The highest BCUT2D eigenvalue weighted by atomic mass is 16.5. The molecule has 0 aliphatic carbocycles. The monoisotopic (exact) mass is 294 g/mol. The normalized spacial score (nSPS) is 10.9. The van der Waals surface area contributed by atoms with Crippen LogP contribution in [0, 0.1) is 5.92 Å². The summed E-state index contributed by atoms with van der Waals surface area (Å²) in [5.74, 6) is 1.57. The molecule has 0 radical (unpaired) electrons. The highest BCUT2D eigenvalue weighted by Gasteiger charge is 2.06. The third kappa shape index (κ3) is 7.34. The van der Waals surface area contributed by atoms with Crippen molar-refractivity contribution in [3.8, 4) is 5.75 Å². The van der Waals surface area contributed by atoms with Crippen LogP contribution >= 0.6 is 0 Å². The number of hydrogen-bond acceptors (Lipinski definition) is 4. The Bertz CT molecular complexity index is 366. The van der Waals surface area contributed by atoms with Crippen molar-refractivity contribution in [2.45, 2.75) is 26.7 Å². The molecule has 2 N–H and O–H groups in total. The highest BCUT2D eigenvalue weighted by molar-refractivity contribution is 5.49. The fourth-order valence-electron chi connectivity index (χ4n) is 2.04. The standard InChI is InChI=1S/C17H30N2O2/c1-15(2)9-13-21-14-12-19(11-4-10-18)16-5-7-17(20-3)8-6-16/h5-8,15H,4,9-14,18H2,1-3H3. The third-order valence-corrected chi connectivity index (χ3v) is 3.41. The van der Waals surface area contributed by atoms with E-state index in [0.717, 1.165) is 44.9 Å². The summed E-state index contributed by atoms with van der Waals surface area (Å²) in [4.78, 5) is 2.32. The predicted octanol–water partition coefficient (Wildman–Crippen LogP) is 2.91. The Hall–Kier alpha value is -1.26. The second kappa shape index (κ2) is 10.5. The number of anilines is 1. The maximum atomic E-state index is 5.72. The van der Waals surface area contributed by atoms with Gasteiger partial charge in [-0.25, -0.2) is 0 Å². The Morgan fingerprint density at radius 3 is 2.38 bits per heavy atom. The van der Waals surface area contributed by atoms with Gasteiger partial charge < -0.3 is 20.1 Å². The van der Waals surface area contributed by atoms with E-state index >= 15 is 0 Å². The summed E-state index contributed by atoms with van der Waals surface area (Å²) in [6, 6.07) is 8.15. The maximum absolute atomic E-state index is 5.72. The van der Waals surface area contributed by atoms with E-state index in [2.05, 4.69) is 30.9 Å². The topological polar surface area (TPSA) is 47.7 Å². The molecule has 0 bridgehead atoms. The van der Waals surface area contributed by atoms with Crippen LogP contribution in [-0.2, 0) is 4.74 Å². The second-order valence-electron chi connectivity index (χ2n) is 5.62. The number of hydrogen-bond donors (Lipinski definition) is 1. The lowest BCUT2D eigenvalue weighted by molar-refractivity contribution is 0.129. The van der Waals surface area contributed by atoms with E-state index in [0.29, 0.717) is 12.5 Å². The minimum atomic E-state index is 0.694. The van der Waals surface area contributed by atoms with E-state index in [-0.39, 0.29) is 0 Å². The van der Waals surface area contributed by atoms with Crippen molar-refractivity contribution in [1.82, 2.24) is 0 Å². The van der Waals surface area contributed by atoms with Crippen LogP contribution in [0.5, 0.6) is 5.75 Å². The molecule has 1 aromatic carbocycles. The van der Waals surface area contributed by atoms with Gasteiger partial charge in [-0.05, 0) is 49.6 Å². The van der Waals surface area contributed by atoms with E-state index in [1.807, 2.05) is 12.1 Å². The van der Waals surface area contributed by atoms with Crippen LogP contribution in [0.25, 0.3) is 0 Å². The number of rotatable bonds is 11. The van der Waals surface area contributed by atoms with Gasteiger partial charge in [-0.15, -0.1) is 0 Å². The first kappa shape index (κ1) is 17.8. The lowest BCUT2D eigenvalue weighted by Crippen LogP contribution is -2.30. The van der Waals surface area contributed by atoms with Crippen LogP contribution < -0.4 is 15.4 Å². The number of methoxy groups -OCH3 is 1. The lowest BCUT2D eigenvalue weighted by atomic mass is 10.1. The summed E-state index contributed by atoms with van der Waals surface area (Å²) in [6.07, 6.45) is 2.10. The molecule has 1 rings (SSSR count). The van der Waals surface area contributed by atoms with E-state index < -0.39 is 0 Å². The molecule has 0 aliphatic rings. The Morgan fingerprint density at radius 1 is 1.10 bits per heavy atom. The van der Waals surface area contributed by atoms with Gasteiger partial charge in [-0.1, -0.05) is 13.8 Å². The van der Waals surface area contributed by atoms with Crippen molar-refractivity contribution in [2.75, 3.05) is 44.9 Å². The molecule has 0 aliphatic heterocycles. The number of nitrogens with two attached hydrogens (primary N) is 1. The van der Waals surface area contributed by atoms with Gasteiger partial charge in [0.15, 0.2) is 0 Å². The summed E-state index contributed by atoms with van der Waals surface area (Å²) in [5, 5.41) is 0. The lowest BCUT2D eigenvalue weighted by Gasteiger charge is -2.25. The molecule has 21 heavy (non-hydrogen) atoms. The molecular weight excluding hydrogens is 264 g/mol. The van der Waals surface area contributed by atoms with Gasteiger partial charge in [-0.3, -0.25) is 0 Å². The molecule has 4 nitrogen and oxygen atoms in total. The van der Waals surface area contributed by atoms with Crippen molar-refractivity contribution in [3.05, 3.63) is 24.3 Å². The van der Waals surface area contributed by atoms with Crippen LogP contribution in [0.3, 0.4) is 0 Å². The largest absolute Gasteiger partial charge is 0.497 e. The molecule has 0 atom stereocenters. The highest BCUT2D eigenvalue weighted by Crippen LogP contribution is 2.19. The van der Waals surface area contributed by atoms with Crippen LogP contribution in [0.4, 0.5) is 5.69 Å². The quantitative estimate of drug-likeness (QED) is 0.638. The van der Waals surface area contributed by atoms with Gasteiger partial charge >= 0.3 is 0 Å². The average molecular weight is 294 g/mol. The van der Waals surface area contributed by atoms with Gasteiger partial charge in [0.25, 0.3) is 0 Å². The first-order valence-electron chi connectivity index (χ1n) is 7.84. The molecule has 1 aromatic rings. The van der Waals surface area contributed by atoms with Crippen LogP contribution in [0.15, 0.2) is 24.3 Å². The van der Waals surface area contributed by atoms with E-state index in [4.69, 9.17) is 15.2 Å². The molecule has 0 heterocycles. The van der Waals surface area contributed by atoms with E-state index in [9.17, 15) is 0 Å². The number of ether oxygens (including phenoxy) is 2. The van der Waals surface area contributed by atoms with Crippen LogP contribution in [0.2, 0.25) is 0 Å². The molecule has 0 saturated carbocycles. The molecule has 0 saturated heterocycles. The second-order valence-corrected chi connectivity index (χ2v) is 5.62. The first-order valence-corrected chi connectivity index (χ1v) is 7.84. The zero-order valence-electron chi connectivity index (χ0n) is 13.7. The summed E-state index contributed by atoms with van der Waals surface area (Å²) in [7, 11) is 1.68. The first-order chi connectivity index (χ1) is 10.2. The molecule has 0 aromatic heterocycles. The van der Waals surface area contributed by atoms with Gasteiger partial charge in [0, 0.05) is 25.4 Å². The van der Waals surface area contributed by atoms with Gasteiger partial charge in [0.05, 0.1) is 13.7 Å². The Labute approximate surface area is 129 Å². The smallest absolute Gasteiger partial charge is 0.119 e.